The Labute approximate surface area is 127 Å². The first-order chi connectivity index (χ1) is 9.72. The Balaban J connectivity index is 2.46. The van der Waals surface area contributed by atoms with Crippen molar-refractivity contribution in [3.05, 3.63) is 52.0 Å². The van der Waals surface area contributed by atoms with Gasteiger partial charge in [0.1, 0.15) is 10.6 Å². The highest BCUT2D eigenvalue weighted by Crippen LogP contribution is 2.30. The van der Waals surface area contributed by atoms with Crippen LogP contribution in [0.1, 0.15) is 0 Å². The quantitative estimate of drug-likeness (QED) is 0.675. The van der Waals surface area contributed by atoms with Gasteiger partial charge in [0.25, 0.3) is 10.0 Å². The summed E-state index contributed by atoms with van der Waals surface area (Å²) in [4.78, 5) is 2.17. The Bertz CT molecular complexity index is 815. The highest BCUT2D eigenvalue weighted by atomic mass is 35.5. The molecular weight excluding hydrogens is 352 g/mol. The van der Waals surface area contributed by atoms with Gasteiger partial charge in [-0.05, 0) is 24.3 Å². The summed E-state index contributed by atoms with van der Waals surface area (Å²) in [6.45, 7) is 0. The number of anilines is 1. The molecule has 0 spiro atoms. The van der Waals surface area contributed by atoms with Crippen molar-refractivity contribution in [2.75, 3.05) is 4.72 Å². The van der Waals surface area contributed by atoms with Crippen molar-refractivity contribution >= 4 is 38.9 Å². The van der Waals surface area contributed by atoms with Gasteiger partial charge in [0.05, 0.1) is 10.0 Å². The lowest BCUT2D eigenvalue weighted by Gasteiger charge is -2.10. The molecular formula is C11H5Cl2F3N2O2S. The molecule has 2 aromatic rings. The Hall–Kier alpha value is -1.51. The van der Waals surface area contributed by atoms with Gasteiger partial charge in [-0.2, -0.15) is 13.8 Å². The number of halogens is 5. The second-order valence-electron chi connectivity index (χ2n) is 3.75. The lowest BCUT2D eigenvalue weighted by atomic mass is 10.3. The number of rotatable bonds is 3. The normalized spacial score (nSPS) is 11.5. The van der Waals surface area contributed by atoms with E-state index in [0.29, 0.717) is 0 Å². The first kappa shape index (κ1) is 15.9. The second-order valence-corrected chi connectivity index (χ2v) is 6.19. The van der Waals surface area contributed by atoms with Crippen LogP contribution < -0.4 is 4.72 Å². The fourth-order valence-corrected chi connectivity index (χ4v) is 3.20. The molecule has 1 heterocycles. The number of sulfonamides is 1. The lowest BCUT2D eigenvalue weighted by Crippen LogP contribution is -2.15. The fourth-order valence-electron chi connectivity index (χ4n) is 1.40. The van der Waals surface area contributed by atoms with Crippen LogP contribution in [-0.2, 0) is 10.0 Å². The van der Waals surface area contributed by atoms with E-state index in [1.165, 1.54) is 0 Å². The van der Waals surface area contributed by atoms with Crippen molar-refractivity contribution in [1.82, 2.24) is 4.98 Å². The number of aromatic nitrogens is 1. The largest absolute Gasteiger partial charge is 0.275 e. The van der Waals surface area contributed by atoms with Crippen molar-refractivity contribution in [3.63, 3.8) is 0 Å². The standard InChI is InChI=1S/C11H5Cl2F3N2O2S/c12-5-1-3-7(9(13)10(5)15)21(19,20)18-6-2-4-8(14)17-11(6)16/h1-4,18H. The van der Waals surface area contributed by atoms with Crippen LogP contribution >= 0.6 is 23.2 Å². The van der Waals surface area contributed by atoms with E-state index in [1.54, 1.807) is 4.72 Å². The van der Waals surface area contributed by atoms with Crippen LogP contribution in [0.15, 0.2) is 29.2 Å². The van der Waals surface area contributed by atoms with Crippen molar-refractivity contribution in [1.29, 1.82) is 0 Å². The minimum Gasteiger partial charge on any atom is -0.275 e. The first-order valence-corrected chi connectivity index (χ1v) is 7.44. The zero-order chi connectivity index (χ0) is 15.8. The Morgan fingerprint density at radius 3 is 2.33 bits per heavy atom. The molecule has 0 aliphatic heterocycles. The van der Waals surface area contributed by atoms with E-state index in [-0.39, 0.29) is 5.02 Å². The molecule has 1 aromatic carbocycles. The van der Waals surface area contributed by atoms with Crippen LogP contribution in [0.4, 0.5) is 18.9 Å². The van der Waals surface area contributed by atoms with Crippen molar-refractivity contribution in [3.8, 4) is 0 Å². The average molecular weight is 357 g/mol. The van der Waals surface area contributed by atoms with E-state index in [1.807, 2.05) is 0 Å². The molecule has 2 rings (SSSR count). The summed E-state index contributed by atoms with van der Waals surface area (Å²) in [5.41, 5.74) is -0.608. The van der Waals surface area contributed by atoms with Crippen molar-refractivity contribution in [2.24, 2.45) is 0 Å². The molecule has 0 amide bonds. The van der Waals surface area contributed by atoms with E-state index < -0.39 is 43.3 Å². The minimum atomic E-state index is -4.40. The number of benzene rings is 1. The van der Waals surface area contributed by atoms with E-state index in [2.05, 4.69) is 4.98 Å². The third-order valence-electron chi connectivity index (χ3n) is 2.35. The molecule has 0 unspecified atom stereocenters. The summed E-state index contributed by atoms with van der Waals surface area (Å²) >= 11 is 11.0. The Kier molecular flexibility index (Phi) is 4.31. The van der Waals surface area contributed by atoms with Gasteiger partial charge in [-0.25, -0.2) is 12.8 Å². The maximum absolute atomic E-state index is 13.5. The first-order valence-electron chi connectivity index (χ1n) is 5.21. The van der Waals surface area contributed by atoms with Crippen LogP contribution in [0.2, 0.25) is 10.0 Å². The second kappa shape index (κ2) is 5.70. The molecule has 0 saturated carbocycles. The van der Waals surface area contributed by atoms with Gasteiger partial charge < -0.3 is 0 Å². The van der Waals surface area contributed by atoms with Crippen LogP contribution in [0, 0.1) is 17.7 Å². The molecule has 1 aromatic heterocycles. The molecule has 112 valence electrons. The summed E-state index contributed by atoms with van der Waals surface area (Å²) in [5, 5.41) is -1.11. The number of hydrogen-bond donors (Lipinski definition) is 1. The van der Waals surface area contributed by atoms with Gasteiger partial charge in [0.2, 0.25) is 11.9 Å². The van der Waals surface area contributed by atoms with Gasteiger partial charge in [0.15, 0.2) is 5.82 Å². The molecule has 0 bridgehead atoms. The van der Waals surface area contributed by atoms with Gasteiger partial charge in [0, 0.05) is 0 Å². The minimum absolute atomic E-state index is 0.367. The average Bonchev–Trinajstić information content (AvgIpc) is 2.39. The molecule has 0 fully saturated rings. The molecule has 21 heavy (non-hydrogen) atoms. The summed E-state index contributed by atoms with van der Waals surface area (Å²) in [7, 11) is -4.40. The van der Waals surface area contributed by atoms with Gasteiger partial charge >= 0.3 is 0 Å². The van der Waals surface area contributed by atoms with Crippen LogP contribution in [0.3, 0.4) is 0 Å². The monoisotopic (exact) mass is 356 g/mol. The highest BCUT2D eigenvalue weighted by Gasteiger charge is 2.23. The predicted octanol–water partition coefficient (Wildman–Crippen LogP) is 3.61. The third-order valence-corrected chi connectivity index (χ3v) is 4.53. The van der Waals surface area contributed by atoms with Crippen LogP contribution in [0.5, 0.6) is 0 Å². The van der Waals surface area contributed by atoms with E-state index >= 15 is 0 Å². The SMILES string of the molecule is O=S(=O)(Nc1ccc(F)nc1F)c1ccc(Cl)c(F)c1Cl. The molecule has 0 radical (unpaired) electrons. The maximum atomic E-state index is 13.5. The molecule has 0 atom stereocenters. The molecule has 0 saturated heterocycles. The van der Waals surface area contributed by atoms with E-state index in [4.69, 9.17) is 23.2 Å². The maximum Gasteiger partial charge on any atom is 0.263 e. The van der Waals surface area contributed by atoms with Gasteiger partial charge in [-0.1, -0.05) is 23.2 Å². The number of pyridine rings is 1. The van der Waals surface area contributed by atoms with E-state index in [9.17, 15) is 21.6 Å². The Morgan fingerprint density at radius 1 is 1.05 bits per heavy atom. The summed E-state index contributed by atoms with van der Waals surface area (Å²) in [5.74, 6) is -3.62. The zero-order valence-corrected chi connectivity index (χ0v) is 12.2. The highest BCUT2D eigenvalue weighted by molar-refractivity contribution is 7.92. The smallest absolute Gasteiger partial charge is 0.263 e. The van der Waals surface area contributed by atoms with Gasteiger partial charge in [-0.15, -0.1) is 0 Å². The number of nitrogens with one attached hydrogen (secondary N) is 1. The fraction of sp³-hybridized carbons (Fsp3) is 0. The molecule has 1 N–H and O–H groups in total. The molecule has 0 aliphatic carbocycles. The number of hydrogen-bond acceptors (Lipinski definition) is 3. The lowest BCUT2D eigenvalue weighted by molar-refractivity contribution is 0.515. The zero-order valence-electron chi connectivity index (χ0n) is 9.87. The molecule has 4 nitrogen and oxygen atoms in total. The van der Waals surface area contributed by atoms with Crippen molar-refractivity contribution in [2.45, 2.75) is 4.90 Å². The molecule has 0 aliphatic rings. The topological polar surface area (TPSA) is 59.1 Å². The number of nitrogens with zero attached hydrogens (tertiary/aromatic N) is 1. The summed E-state index contributed by atoms with van der Waals surface area (Å²) in [6, 6.07) is 3.52. The Morgan fingerprint density at radius 2 is 1.71 bits per heavy atom. The van der Waals surface area contributed by atoms with Crippen LogP contribution in [0.25, 0.3) is 0 Å². The summed E-state index contributed by atoms with van der Waals surface area (Å²) in [6.07, 6.45) is 0. The van der Waals surface area contributed by atoms with Crippen molar-refractivity contribution < 1.29 is 21.6 Å². The van der Waals surface area contributed by atoms with Gasteiger partial charge in [-0.3, -0.25) is 4.72 Å². The third kappa shape index (κ3) is 3.22. The van der Waals surface area contributed by atoms with Crippen LogP contribution in [-0.4, -0.2) is 13.4 Å². The summed E-state index contributed by atoms with van der Waals surface area (Å²) < 4.78 is 65.3. The van der Waals surface area contributed by atoms with E-state index in [0.717, 1.165) is 24.3 Å². The predicted molar refractivity (Wildman–Crippen MR) is 71.4 cm³/mol. The molecule has 10 heteroatoms.